The molecule has 272 valence electrons. The third-order valence-electron chi connectivity index (χ3n) is 9.37. The smallest absolute Gasteiger partial charge is 0.416 e. The molecule has 0 saturated heterocycles. The second kappa shape index (κ2) is 15.6. The number of carboxylic acids is 1. The minimum atomic E-state index is -4.51. The molecule has 0 radical (unpaired) electrons. The average Bonchev–Trinajstić information content (AvgIpc) is 3.62. The largest absolute Gasteiger partial charge is 0.480 e. The fourth-order valence-electron chi connectivity index (χ4n) is 6.69. The number of halogens is 5. The van der Waals surface area contributed by atoms with Gasteiger partial charge in [-0.15, -0.1) is 0 Å². The molecule has 8 nitrogen and oxygen atoms in total. The number of carbonyl (C=O) groups excluding carboxylic acids is 2. The van der Waals surface area contributed by atoms with Gasteiger partial charge in [-0.05, 0) is 103 Å². The highest BCUT2D eigenvalue weighted by atomic mass is 35.5. The molecule has 52 heavy (non-hydrogen) atoms. The third kappa shape index (κ3) is 8.85. The fraction of sp³-hybridized carbons (Fsp3) is 0.308. The summed E-state index contributed by atoms with van der Waals surface area (Å²) in [5.74, 6) is -1.49. The van der Waals surface area contributed by atoms with Crippen LogP contribution >= 0.6 is 11.6 Å². The monoisotopic (exact) mass is 738 g/mol. The number of ether oxygens (including phenoxy) is 2. The Labute approximate surface area is 302 Å². The molecule has 1 unspecified atom stereocenters. The molecule has 1 aliphatic carbocycles. The highest BCUT2D eigenvalue weighted by molar-refractivity contribution is 6.30. The molecular formula is C39H35ClF4N2O6. The van der Waals surface area contributed by atoms with E-state index in [-0.39, 0.29) is 47.7 Å². The number of alkyl halides is 3. The SMILES string of the molecule is O=C(N[C@@H](Cc1ccc(Oc2ccc(F)c(Cl)c2)cc1)C(=O)O)C1c2cc(Oc3ccc(C(F)(F)F)cc3)ccc2CCN1C(=O)CC1CCCC1. The van der Waals surface area contributed by atoms with Crippen molar-refractivity contribution in [2.45, 2.75) is 63.2 Å². The van der Waals surface area contributed by atoms with Crippen molar-refractivity contribution in [2.24, 2.45) is 5.92 Å². The average molecular weight is 739 g/mol. The molecule has 1 aliphatic heterocycles. The van der Waals surface area contributed by atoms with Crippen LogP contribution in [0.3, 0.4) is 0 Å². The topological polar surface area (TPSA) is 105 Å². The van der Waals surface area contributed by atoms with Gasteiger partial charge in [-0.25, -0.2) is 9.18 Å². The Morgan fingerprint density at radius 1 is 0.865 bits per heavy atom. The number of nitrogens with zero attached hydrogens (tertiary/aromatic N) is 1. The molecule has 6 rings (SSSR count). The van der Waals surface area contributed by atoms with Crippen molar-refractivity contribution < 1.29 is 46.5 Å². The van der Waals surface area contributed by atoms with E-state index in [1.807, 2.05) is 0 Å². The summed E-state index contributed by atoms with van der Waals surface area (Å²) in [5, 5.41) is 12.7. The number of fused-ring (bicyclic) bond motifs is 1. The lowest BCUT2D eigenvalue weighted by Crippen LogP contribution is -2.51. The lowest BCUT2D eigenvalue weighted by atomic mass is 9.90. The summed E-state index contributed by atoms with van der Waals surface area (Å²) in [6.45, 7) is 0.244. The van der Waals surface area contributed by atoms with Gasteiger partial charge in [0.25, 0.3) is 0 Å². The van der Waals surface area contributed by atoms with Crippen LogP contribution in [0.1, 0.15) is 60.4 Å². The van der Waals surface area contributed by atoms with Crippen LogP contribution in [0.15, 0.2) is 84.9 Å². The summed E-state index contributed by atoms with van der Waals surface area (Å²) in [7, 11) is 0. The Morgan fingerprint density at radius 3 is 2.08 bits per heavy atom. The van der Waals surface area contributed by atoms with E-state index in [0.29, 0.717) is 29.0 Å². The molecule has 0 bridgehead atoms. The predicted octanol–water partition coefficient (Wildman–Crippen LogP) is 8.90. The predicted molar refractivity (Wildman–Crippen MR) is 184 cm³/mol. The van der Waals surface area contributed by atoms with Gasteiger partial charge in [0, 0.05) is 25.5 Å². The van der Waals surface area contributed by atoms with E-state index in [1.165, 1.54) is 35.2 Å². The quantitative estimate of drug-likeness (QED) is 0.149. The van der Waals surface area contributed by atoms with Crippen LogP contribution in [0.2, 0.25) is 5.02 Å². The van der Waals surface area contributed by atoms with Crippen LogP contribution in [-0.2, 0) is 33.4 Å². The van der Waals surface area contributed by atoms with Crippen LogP contribution in [0.4, 0.5) is 17.6 Å². The van der Waals surface area contributed by atoms with Crippen LogP contribution in [0.5, 0.6) is 23.0 Å². The van der Waals surface area contributed by atoms with Crippen molar-refractivity contribution in [3.05, 3.63) is 118 Å². The highest BCUT2D eigenvalue weighted by Gasteiger charge is 2.39. The maximum Gasteiger partial charge on any atom is 0.416 e. The summed E-state index contributed by atoms with van der Waals surface area (Å²) in [6, 6.07) is 17.0. The molecule has 2 aliphatic rings. The minimum absolute atomic E-state index is 0.0869. The second-order valence-corrected chi connectivity index (χ2v) is 13.4. The van der Waals surface area contributed by atoms with Gasteiger partial charge in [0.1, 0.15) is 40.9 Å². The molecule has 4 aromatic rings. The lowest BCUT2D eigenvalue weighted by molar-refractivity contribution is -0.145. The van der Waals surface area contributed by atoms with E-state index in [1.54, 1.807) is 42.5 Å². The number of rotatable bonds is 11. The van der Waals surface area contributed by atoms with Gasteiger partial charge in [0.15, 0.2) is 0 Å². The van der Waals surface area contributed by atoms with Crippen molar-refractivity contribution in [2.75, 3.05) is 6.54 Å². The number of nitrogens with one attached hydrogen (secondary N) is 1. The van der Waals surface area contributed by atoms with Crippen LogP contribution in [0, 0.1) is 11.7 Å². The summed E-state index contributed by atoms with van der Waals surface area (Å²) in [6.07, 6.45) is 0.00869. The molecule has 13 heteroatoms. The van der Waals surface area contributed by atoms with Crippen LogP contribution in [-0.4, -0.2) is 40.4 Å². The Hall–Kier alpha value is -5.10. The number of carbonyl (C=O) groups is 3. The van der Waals surface area contributed by atoms with Crippen molar-refractivity contribution in [3.8, 4) is 23.0 Å². The van der Waals surface area contributed by atoms with E-state index in [0.717, 1.165) is 43.4 Å². The van der Waals surface area contributed by atoms with Gasteiger partial charge in [-0.3, -0.25) is 9.59 Å². The van der Waals surface area contributed by atoms with Gasteiger partial charge < -0.3 is 24.8 Å². The van der Waals surface area contributed by atoms with E-state index in [2.05, 4.69) is 5.32 Å². The number of amides is 2. The Morgan fingerprint density at radius 2 is 1.46 bits per heavy atom. The van der Waals surface area contributed by atoms with Crippen LogP contribution < -0.4 is 14.8 Å². The number of benzene rings is 4. The van der Waals surface area contributed by atoms with Crippen molar-refractivity contribution in [1.82, 2.24) is 10.2 Å². The standard InChI is InChI=1S/C39H35ClF4N2O6/c40-32-22-30(15-16-33(32)41)52-27-10-5-24(6-11-27)19-34(38(49)50)45-37(48)36-31-21-29(51-28-13-8-26(9-14-28)39(42,43)44)12-7-25(31)17-18-46(36)35(47)20-23-3-1-2-4-23/h5-16,21-23,34,36H,1-4,17-20H2,(H,45,48)(H,49,50)/t34-,36?/m0/s1. The van der Waals surface area contributed by atoms with Crippen molar-refractivity contribution in [1.29, 1.82) is 0 Å². The number of hydrogen-bond donors (Lipinski definition) is 2. The first-order valence-corrected chi connectivity index (χ1v) is 17.2. The zero-order valence-corrected chi connectivity index (χ0v) is 28.6. The first kappa shape index (κ1) is 36.7. The number of carboxylic acid groups (broad SMARTS) is 1. The molecular weight excluding hydrogens is 704 g/mol. The normalized spacial score (nSPS) is 16.6. The van der Waals surface area contributed by atoms with E-state index < -0.39 is 41.5 Å². The maximum atomic E-state index is 14.2. The molecule has 2 N–H and O–H groups in total. The molecule has 2 amide bonds. The first-order chi connectivity index (χ1) is 24.8. The summed E-state index contributed by atoms with van der Waals surface area (Å²) in [5.41, 5.74) is 0.947. The molecule has 1 saturated carbocycles. The van der Waals surface area contributed by atoms with Gasteiger partial charge in [0.05, 0.1) is 10.6 Å². The van der Waals surface area contributed by atoms with Gasteiger partial charge in [-0.1, -0.05) is 42.6 Å². The zero-order chi connectivity index (χ0) is 37.0. The summed E-state index contributed by atoms with van der Waals surface area (Å²) >= 11 is 5.84. The Kier molecular flexibility index (Phi) is 11.0. The number of hydrogen-bond acceptors (Lipinski definition) is 5. The van der Waals surface area contributed by atoms with E-state index in [4.69, 9.17) is 21.1 Å². The highest BCUT2D eigenvalue weighted by Crippen LogP contribution is 2.37. The lowest BCUT2D eigenvalue weighted by Gasteiger charge is -2.37. The van der Waals surface area contributed by atoms with Crippen molar-refractivity contribution in [3.63, 3.8) is 0 Å². The summed E-state index contributed by atoms with van der Waals surface area (Å²) in [4.78, 5) is 41.9. The Balaban J connectivity index is 1.22. The molecule has 0 spiro atoms. The second-order valence-electron chi connectivity index (χ2n) is 13.0. The fourth-order valence-corrected chi connectivity index (χ4v) is 6.86. The van der Waals surface area contributed by atoms with Gasteiger partial charge in [0.2, 0.25) is 11.8 Å². The molecule has 2 atom stereocenters. The van der Waals surface area contributed by atoms with Crippen molar-refractivity contribution >= 4 is 29.4 Å². The molecule has 1 heterocycles. The maximum absolute atomic E-state index is 14.2. The van der Waals surface area contributed by atoms with Gasteiger partial charge in [-0.2, -0.15) is 13.2 Å². The molecule has 0 aromatic heterocycles. The minimum Gasteiger partial charge on any atom is -0.480 e. The summed E-state index contributed by atoms with van der Waals surface area (Å²) < 4.78 is 64.4. The van der Waals surface area contributed by atoms with Gasteiger partial charge >= 0.3 is 12.1 Å². The molecule has 1 fully saturated rings. The van der Waals surface area contributed by atoms with E-state index in [9.17, 15) is 37.1 Å². The van der Waals surface area contributed by atoms with E-state index >= 15 is 0 Å². The zero-order valence-electron chi connectivity index (χ0n) is 27.8. The number of aliphatic carboxylic acids is 1. The Bertz CT molecular complexity index is 1930. The third-order valence-corrected chi connectivity index (χ3v) is 9.66. The van der Waals surface area contributed by atoms with Crippen LogP contribution in [0.25, 0.3) is 0 Å². The first-order valence-electron chi connectivity index (χ1n) is 16.9. The molecule has 4 aromatic carbocycles.